The Labute approximate surface area is 148 Å². The Morgan fingerprint density at radius 3 is 2.88 bits per heavy atom. The highest BCUT2D eigenvalue weighted by atomic mass is 16.2. The molecule has 8 heteroatoms. The van der Waals surface area contributed by atoms with Gasteiger partial charge in [-0.1, -0.05) is 13.8 Å². The molecule has 3 heterocycles. The van der Waals surface area contributed by atoms with E-state index in [0.717, 1.165) is 36.9 Å². The van der Waals surface area contributed by atoms with Crippen LogP contribution in [-0.4, -0.2) is 43.0 Å². The standard InChI is InChI=1S/C17H27N7O/c1-11(2)17-21-14-6-5-13(10-23(14)22-17)18-9-16(25)20-15-7-8-19-24(15)12(3)4/h7-8,11-13,18H,5-6,9-10H2,1-4H3,(H,20,25)/t13-/m1/s1. The summed E-state index contributed by atoms with van der Waals surface area (Å²) in [6.45, 7) is 9.29. The van der Waals surface area contributed by atoms with Crippen LogP contribution in [0, 0.1) is 0 Å². The molecule has 136 valence electrons. The minimum Gasteiger partial charge on any atom is -0.310 e. The average molecular weight is 345 g/mol. The number of fused-ring (bicyclic) bond motifs is 1. The number of rotatable bonds is 6. The van der Waals surface area contributed by atoms with Gasteiger partial charge in [-0.2, -0.15) is 10.2 Å². The highest BCUT2D eigenvalue weighted by molar-refractivity contribution is 5.91. The van der Waals surface area contributed by atoms with E-state index in [4.69, 9.17) is 0 Å². The number of aryl methyl sites for hydroxylation is 1. The highest BCUT2D eigenvalue weighted by Gasteiger charge is 2.22. The van der Waals surface area contributed by atoms with Gasteiger partial charge in [0.05, 0.1) is 19.3 Å². The molecule has 1 atom stereocenters. The van der Waals surface area contributed by atoms with Gasteiger partial charge in [-0.25, -0.2) is 14.3 Å². The maximum atomic E-state index is 12.2. The molecule has 1 amide bonds. The van der Waals surface area contributed by atoms with Gasteiger partial charge in [0, 0.05) is 30.5 Å². The minimum absolute atomic E-state index is 0.0605. The fourth-order valence-electron chi connectivity index (χ4n) is 2.99. The molecule has 0 aromatic carbocycles. The molecule has 2 aromatic rings. The first-order chi connectivity index (χ1) is 11.9. The third kappa shape index (κ3) is 4.07. The van der Waals surface area contributed by atoms with Crippen molar-refractivity contribution in [1.29, 1.82) is 0 Å². The smallest absolute Gasteiger partial charge is 0.239 e. The highest BCUT2D eigenvalue weighted by Crippen LogP contribution is 2.17. The van der Waals surface area contributed by atoms with Crippen LogP contribution in [-0.2, 0) is 17.8 Å². The summed E-state index contributed by atoms with van der Waals surface area (Å²) in [5, 5.41) is 15.0. The molecular formula is C17H27N7O. The van der Waals surface area contributed by atoms with Gasteiger partial charge in [0.15, 0.2) is 5.82 Å². The Balaban J connectivity index is 1.52. The third-order valence-corrected chi connectivity index (χ3v) is 4.37. The summed E-state index contributed by atoms with van der Waals surface area (Å²) < 4.78 is 3.77. The molecule has 0 saturated heterocycles. The molecule has 0 radical (unpaired) electrons. The number of carbonyl (C=O) groups is 1. The molecular weight excluding hydrogens is 318 g/mol. The van der Waals surface area contributed by atoms with E-state index >= 15 is 0 Å². The molecule has 2 aromatic heterocycles. The Kier molecular flexibility index (Phi) is 5.17. The van der Waals surface area contributed by atoms with E-state index in [1.807, 2.05) is 24.6 Å². The summed E-state index contributed by atoms with van der Waals surface area (Å²) in [5.41, 5.74) is 0. The van der Waals surface area contributed by atoms with E-state index in [0.29, 0.717) is 5.92 Å². The number of nitrogens with zero attached hydrogens (tertiary/aromatic N) is 5. The topological polar surface area (TPSA) is 89.7 Å². The number of amides is 1. The quantitative estimate of drug-likeness (QED) is 0.832. The van der Waals surface area contributed by atoms with Gasteiger partial charge in [-0.05, 0) is 20.3 Å². The van der Waals surface area contributed by atoms with Crippen LogP contribution in [0.15, 0.2) is 12.3 Å². The summed E-state index contributed by atoms with van der Waals surface area (Å²) in [5.74, 6) is 2.95. The Morgan fingerprint density at radius 2 is 2.16 bits per heavy atom. The minimum atomic E-state index is -0.0605. The summed E-state index contributed by atoms with van der Waals surface area (Å²) >= 11 is 0. The van der Waals surface area contributed by atoms with Crippen molar-refractivity contribution in [1.82, 2.24) is 29.9 Å². The normalized spacial score (nSPS) is 17.1. The zero-order valence-electron chi connectivity index (χ0n) is 15.4. The van der Waals surface area contributed by atoms with E-state index in [-0.39, 0.29) is 24.5 Å². The lowest BCUT2D eigenvalue weighted by Crippen LogP contribution is -2.41. The lowest BCUT2D eigenvalue weighted by Gasteiger charge is -2.23. The van der Waals surface area contributed by atoms with Crippen LogP contribution in [0.1, 0.15) is 57.7 Å². The fraction of sp³-hybridized carbons (Fsp3) is 0.647. The monoisotopic (exact) mass is 345 g/mol. The molecule has 0 unspecified atom stereocenters. The van der Waals surface area contributed by atoms with Crippen molar-refractivity contribution in [3.05, 3.63) is 23.9 Å². The van der Waals surface area contributed by atoms with Crippen molar-refractivity contribution >= 4 is 11.7 Å². The van der Waals surface area contributed by atoms with Crippen LogP contribution in [0.3, 0.4) is 0 Å². The fourth-order valence-corrected chi connectivity index (χ4v) is 2.99. The largest absolute Gasteiger partial charge is 0.310 e. The summed E-state index contributed by atoms with van der Waals surface area (Å²) in [7, 11) is 0. The molecule has 0 bridgehead atoms. The van der Waals surface area contributed by atoms with Crippen LogP contribution < -0.4 is 10.6 Å². The van der Waals surface area contributed by atoms with E-state index in [2.05, 4.69) is 39.7 Å². The molecule has 1 aliphatic rings. The summed E-state index contributed by atoms with van der Waals surface area (Å²) in [6.07, 6.45) is 3.55. The zero-order valence-corrected chi connectivity index (χ0v) is 15.4. The Hall–Kier alpha value is -2.22. The van der Waals surface area contributed by atoms with Gasteiger partial charge in [0.2, 0.25) is 5.91 Å². The molecule has 0 spiro atoms. The molecule has 0 aliphatic carbocycles. The predicted molar refractivity (Wildman–Crippen MR) is 95.5 cm³/mol. The second-order valence-electron chi connectivity index (χ2n) is 7.14. The van der Waals surface area contributed by atoms with Crippen molar-refractivity contribution in [3.63, 3.8) is 0 Å². The van der Waals surface area contributed by atoms with Crippen molar-refractivity contribution in [2.45, 2.75) is 65.1 Å². The summed E-state index contributed by atoms with van der Waals surface area (Å²) in [6, 6.07) is 2.25. The number of nitrogens with one attached hydrogen (secondary N) is 2. The van der Waals surface area contributed by atoms with Crippen LogP contribution in [0.2, 0.25) is 0 Å². The van der Waals surface area contributed by atoms with E-state index in [1.54, 1.807) is 10.9 Å². The average Bonchev–Trinajstić information content (AvgIpc) is 3.18. The second-order valence-corrected chi connectivity index (χ2v) is 7.14. The molecule has 25 heavy (non-hydrogen) atoms. The SMILES string of the molecule is CC(C)c1nc2n(n1)C[C@H](NCC(=O)Nc1ccnn1C(C)C)CC2. The van der Waals surface area contributed by atoms with Gasteiger partial charge in [0.25, 0.3) is 0 Å². The van der Waals surface area contributed by atoms with Crippen molar-refractivity contribution in [3.8, 4) is 0 Å². The lowest BCUT2D eigenvalue weighted by atomic mass is 10.1. The van der Waals surface area contributed by atoms with Gasteiger partial charge >= 0.3 is 0 Å². The molecule has 0 fully saturated rings. The van der Waals surface area contributed by atoms with Crippen LogP contribution >= 0.6 is 0 Å². The first-order valence-corrected chi connectivity index (χ1v) is 8.94. The number of aromatic nitrogens is 5. The van der Waals surface area contributed by atoms with E-state index < -0.39 is 0 Å². The van der Waals surface area contributed by atoms with Gasteiger partial charge in [-0.3, -0.25) is 4.79 Å². The van der Waals surface area contributed by atoms with Crippen molar-refractivity contribution in [2.24, 2.45) is 0 Å². The number of carbonyl (C=O) groups excluding carboxylic acids is 1. The van der Waals surface area contributed by atoms with Crippen molar-refractivity contribution < 1.29 is 4.79 Å². The Bertz CT molecular complexity index is 731. The first-order valence-electron chi connectivity index (χ1n) is 8.94. The number of hydrogen-bond donors (Lipinski definition) is 2. The van der Waals surface area contributed by atoms with Gasteiger partial charge < -0.3 is 10.6 Å². The lowest BCUT2D eigenvalue weighted by molar-refractivity contribution is -0.115. The van der Waals surface area contributed by atoms with E-state index in [9.17, 15) is 4.79 Å². The van der Waals surface area contributed by atoms with Crippen LogP contribution in [0.4, 0.5) is 5.82 Å². The summed E-state index contributed by atoms with van der Waals surface area (Å²) in [4.78, 5) is 16.8. The molecule has 8 nitrogen and oxygen atoms in total. The molecule has 1 aliphatic heterocycles. The molecule has 3 rings (SSSR count). The van der Waals surface area contributed by atoms with Crippen molar-refractivity contribution in [2.75, 3.05) is 11.9 Å². The maximum absolute atomic E-state index is 12.2. The number of anilines is 1. The van der Waals surface area contributed by atoms with E-state index in [1.165, 1.54) is 0 Å². The predicted octanol–water partition coefficient (Wildman–Crippen LogP) is 1.72. The van der Waals surface area contributed by atoms with Crippen LogP contribution in [0.5, 0.6) is 0 Å². The molecule has 0 saturated carbocycles. The van der Waals surface area contributed by atoms with Gasteiger partial charge in [-0.15, -0.1) is 0 Å². The number of hydrogen-bond acceptors (Lipinski definition) is 5. The third-order valence-electron chi connectivity index (χ3n) is 4.37. The second kappa shape index (κ2) is 7.35. The maximum Gasteiger partial charge on any atom is 0.239 e. The first kappa shape index (κ1) is 17.6. The molecule has 2 N–H and O–H groups in total. The van der Waals surface area contributed by atoms with Gasteiger partial charge in [0.1, 0.15) is 11.6 Å². The van der Waals surface area contributed by atoms with Crippen LogP contribution in [0.25, 0.3) is 0 Å². The zero-order chi connectivity index (χ0) is 18.0. The Morgan fingerprint density at radius 1 is 1.36 bits per heavy atom.